The van der Waals surface area contributed by atoms with Crippen LogP contribution in [0, 0.1) is 0 Å². The largest absolute Gasteiger partial charge is 0.295 e. The Morgan fingerprint density at radius 1 is 1.18 bits per heavy atom. The number of hydrogen-bond donors (Lipinski definition) is 0. The average Bonchev–Trinajstić information content (AvgIpc) is 3.16. The number of rotatable bonds is 6. The molecule has 3 heterocycles. The summed E-state index contributed by atoms with van der Waals surface area (Å²) >= 11 is 0. The summed E-state index contributed by atoms with van der Waals surface area (Å²) in [7, 11) is 0. The maximum atomic E-state index is 4.46. The number of aromatic nitrogens is 3. The van der Waals surface area contributed by atoms with E-state index < -0.39 is 0 Å². The molecule has 0 saturated carbocycles. The molecule has 118 valence electrons. The number of nitrogens with zero attached hydrogens (tertiary/aromatic N) is 4. The molecule has 2 aromatic heterocycles. The van der Waals surface area contributed by atoms with Crippen molar-refractivity contribution in [2.45, 2.75) is 58.2 Å². The van der Waals surface area contributed by atoms with Gasteiger partial charge in [0.25, 0.3) is 0 Å². The Bertz CT molecular complexity index is 576. The Labute approximate surface area is 133 Å². The number of pyridine rings is 1. The van der Waals surface area contributed by atoms with Crippen molar-refractivity contribution < 1.29 is 0 Å². The summed E-state index contributed by atoms with van der Waals surface area (Å²) < 4.78 is 2.15. The van der Waals surface area contributed by atoms with Crippen molar-refractivity contribution in [3.05, 3.63) is 48.0 Å². The van der Waals surface area contributed by atoms with Crippen molar-refractivity contribution in [1.29, 1.82) is 0 Å². The first-order chi connectivity index (χ1) is 10.7. The van der Waals surface area contributed by atoms with Crippen LogP contribution in [0.15, 0.2) is 36.8 Å². The van der Waals surface area contributed by atoms with Crippen LogP contribution in [-0.4, -0.2) is 32.3 Å². The number of aryl methyl sites for hydroxylation is 1. The SMILES string of the molecule is CC(C)n1nccc1CN1CCCC1CCc1ccncc1. The molecule has 22 heavy (non-hydrogen) atoms. The van der Waals surface area contributed by atoms with Crippen LogP contribution in [0.1, 0.15) is 50.4 Å². The predicted octanol–water partition coefficient (Wildman–Crippen LogP) is 3.46. The first-order valence-electron chi connectivity index (χ1n) is 8.39. The average molecular weight is 298 g/mol. The molecule has 0 aromatic carbocycles. The normalized spacial score (nSPS) is 19.1. The zero-order valence-electron chi connectivity index (χ0n) is 13.7. The van der Waals surface area contributed by atoms with E-state index >= 15 is 0 Å². The van der Waals surface area contributed by atoms with Gasteiger partial charge >= 0.3 is 0 Å². The van der Waals surface area contributed by atoms with Crippen LogP contribution in [0.4, 0.5) is 0 Å². The van der Waals surface area contributed by atoms with Gasteiger partial charge in [0.1, 0.15) is 0 Å². The van der Waals surface area contributed by atoms with Gasteiger partial charge in [-0.1, -0.05) is 0 Å². The lowest BCUT2D eigenvalue weighted by atomic mass is 10.0. The first kappa shape index (κ1) is 15.2. The van der Waals surface area contributed by atoms with E-state index in [4.69, 9.17) is 0 Å². The smallest absolute Gasteiger partial charge is 0.0527 e. The van der Waals surface area contributed by atoms with Crippen LogP contribution in [0.5, 0.6) is 0 Å². The summed E-state index contributed by atoms with van der Waals surface area (Å²) in [6.45, 7) is 6.63. The third-order valence-electron chi connectivity index (χ3n) is 4.62. The van der Waals surface area contributed by atoms with E-state index in [-0.39, 0.29) is 0 Å². The first-order valence-corrected chi connectivity index (χ1v) is 8.39. The Hall–Kier alpha value is -1.68. The van der Waals surface area contributed by atoms with Gasteiger partial charge in [-0.2, -0.15) is 5.10 Å². The van der Waals surface area contributed by atoms with Gasteiger partial charge in [-0.15, -0.1) is 0 Å². The second kappa shape index (κ2) is 7.05. The molecule has 3 rings (SSSR count). The Morgan fingerprint density at radius 3 is 2.77 bits per heavy atom. The third kappa shape index (κ3) is 3.55. The molecule has 1 aliphatic rings. The van der Waals surface area contributed by atoms with Crippen LogP contribution in [-0.2, 0) is 13.0 Å². The van der Waals surface area contributed by atoms with Gasteiger partial charge in [0.15, 0.2) is 0 Å². The van der Waals surface area contributed by atoms with E-state index in [1.54, 1.807) is 0 Å². The molecule has 0 N–H and O–H groups in total. The molecule has 2 aromatic rings. The van der Waals surface area contributed by atoms with Gasteiger partial charge in [0, 0.05) is 37.2 Å². The molecule has 0 spiro atoms. The molecule has 4 nitrogen and oxygen atoms in total. The van der Waals surface area contributed by atoms with Crippen LogP contribution >= 0.6 is 0 Å². The summed E-state index contributed by atoms with van der Waals surface area (Å²) in [6.07, 6.45) is 10.7. The molecule has 1 atom stereocenters. The van der Waals surface area contributed by atoms with Crippen molar-refractivity contribution in [3.8, 4) is 0 Å². The van der Waals surface area contributed by atoms with Crippen molar-refractivity contribution in [1.82, 2.24) is 19.7 Å². The third-order valence-corrected chi connectivity index (χ3v) is 4.62. The maximum Gasteiger partial charge on any atom is 0.0527 e. The summed E-state index contributed by atoms with van der Waals surface area (Å²) in [5, 5.41) is 4.46. The highest BCUT2D eigenvalue weighted by Crippen LogP contribution is 2.24. The monoisotopic (exact) mass is 298 g/mol. The zero-order chi connectivity index (χ0) is 15.4. The predicted molar refractivity (Wildman–Crippen MR) is 88.6 cm³/mol. The van der Waals surface area contributed by atoms with Crippen molar-refractivity contribution in [2.75, 3.05) is 6.54 Å². The molecule has 1 unspecified atom stereocenters. The highest BCUT2D eigenvalue weighted by atomic mass is 15.3. The Morgan fingerprint density at radius 2 is 2.00 bits per heavy atom. The van der Waals surface area contributed by atoms with E-state index in [2.05, 4.69) is 51.7 Å². The van der Waals surface area contributed by atoms with Gasteiger partial charge in [0.2, 0.25) is 0 Å². The van der Waals surface area contributed by atoms with Gasteiger partial charge in [0.05, 0.1) is 5.69 Å². The molecule has 0 amide bonds. The minimum Gasteiger partial charge on any atom is -0.295 e. The van der Waals surface area contributed by atoms with E-state index in [1.807, 2.05) is 18.6 Å². The van der Waals surface area contributed by atoms with Gasteiger partial charge in [-0.25, -0.2) is 0 Å². The summed E-state index contributed by atoms with van der Waals surface area (Å²) in [4.78, 5) is 6.73. The lowest BCUT2D eigenvalue weighted by molar-refractivity contribution is 0.226. The van der Waals surface area contributed by atoms with E-state index in [0.29, 0.717) is 12.1 Å². The zero-order valence-corrected chi connectivity index (χ0v) is 13.7. The minimum absolute atomic E-state index is 0.433. The second-order valence-corrected chi connectivity index (χ2v) is 6.52. The van der Waals surface area contributed by atoms with E-state index in [9.17, 15) is 0 Å². The summed E-state index contributed by atoms with van der Waals surface area (Å²) in [5.74, 6) is 0. The Kier molecular flexibility index (Phi) is 4.88. The molecule has 0 bridgehead atoms. The second-order valence-electron chi connectivity index (χ2n) is 6.52. The fourth-order valence-corrected chi connectivity index (χ4v) is 3.45. The van der Waals surface area contributed by atoms with Crippen molar-refractivity contribution in [3.63, 3.8) is 0 Å². The molecular formula is C18H26N4. The lowest BCUT2D eigenvalue weighted by Gasteiger charge is -2.25. The van der Waals surface area contributed by atoms with E-state index in [0.717, 1.165) is 13.0 Å². The molecule has 0 radical (unpaired) electrons. The number of likely N-dealkylation sites (tertiary alicyclic amines) is 1. The molecule has 1 aliphatic heterocycles. The van der Waals surface area contributed by atoms with Gasteiger partial charge in [-0.3, -0.25) is 14.6 Å². The fourth-order valence-electron chi connectivity index (χ4n) is 3.45. The number of hydrogen-bond acceptors (Lipinski definition) is 3. The van der Waals surface area contributed by atoms with Crippen molar-refractivity contribution >= 4 is 0 Å². The topological polar surface area (TPSA) is 34.0 Å². The highest BCUT2D eigenvalue weighted by molar-refractivity contribution is 5.10. The summed E-state index contributed by atoms with van der Waals surface area (Å²) in [6, 6.07) is 7.56. The molecule has 4 heteroatoms. The van der Waals surface area contributed by atoms with E-state index in [1.165, 1.54) is 37.1 Å². The van der Waals surface area contributed by atoms with Gasteiger partial charge in [-0.05, 0) is 69.8 Å². The van der Waals surface area contributed by atoms with Crippen LogP contribution < -0.4 is 0 Å². The van der Waals surface area contributed by atoms with Gasteiger partial charge < -0.3 is 0 Å². The quantitative estimate of drug-likeness (QED) is 0.819. The lowest BCUT2D eigenvalue weighted by Crippen LogP contribution is -2.30. The fraction of sp³-hybridized carbons (Fsp3) is 0.556. The van der Waals surface area contributed by atoms with Crippen molar-refractivity contribution in [2.24, 2.45) is 0 Å². The van der Waals surface area contributed by atoms with Crippen LogP contribution in [0.25, 0.3) is 0 Å². The highest BCUT2D eigenvalue weighted by Gasteiger charge is 2.25. The maximum absolute atomic E-state index is 4.46. The standard InChI is InChI=1S/C18H26N4/c1-15(2)22-18(9-12-20-22)14-21-13-3-4-17(21)6-5-16-7-10-19-11-8-16/h7-12,15,17H,3-6,13-14H2,1-2H3. The minimum atomic E-state index is 0.433. The molecular weight excluding hydrogens is 272 g/mol. The Balaban J connectivity index is 1.60. The van der Waals surface area contributed by atoms with Crippen LogP contribution in [0.3, 0.4) is 0 Å². The summed E-state index contributed by atoms with van der Waals surface area (Å²) in [5.41, 5.74) is 2.74. The molecule has 1 saturated heterocycles. The molecule has 1 fully saturated rings. The molecule has 0 aliphatic carbocycles. The van der Waals surface area contributed by atoms with Crippen LogP contribution in [0.2, 0.25) is 0 Å².